The zero-order valence-electron chi connectivity index (χ0n) is 10.1. The Balaban J connectivity index is 2.62. The van der Waals surface area contributed by atoms with Gasteiger partial charge in [0.05, 0.1) is 19.0 Å². The zero-order chi connectivity index (χ0) is 12.4. The number of rotatable bonds is 2. The average molecular weight is 230 g/mol. The van der Waals surface area contributed by atoms with Gasteiger partial charge in [-0.25, -0.2) is 4.98 Å². The first kappa shape index (κ1) is 11.3. The van der Waals surface area contributed by atoms with Gasteiger partial charge in [0.2, 0.25) is 5.95 Å². The summed E-state index contributed by atoms with van der Waals surface area (Å²) in [5, 5.41) is 7.43. The van der Waals surface area contributed by atoms with E-state index < -0.39 is 0 Å². The molecule has 0 saturated heterocycles. The Kier molecular flexibility index (Phi) is 2.91. The molecule has 2 rings (SSSR count). The minimum absolute atomic E-state index is 0.155. The van der Waals surface area contributed by atoms with Crippen LogP contribution in [0.2, 0.25) is 0 Å². The van der Waals surface area contributed by atoms with Crippen LogP contribution in [0.15, 0.2) is 18.3 Å². The van der Waals surface area contributed by atoms with E-state index in [1.165, 1.54) is 5.56 Å². The molecular weight excluding hydrogens is 216 g/mol. The lowest BCUT2D eigenvalue weighted by atomic mass is 10.0. The van der Waals surface area contributed by atoms with E-state index in [1.807, 2.05) is 26.0 Å². The van der Waals surface area contributed by atoms with Crippen molar-refractivity contribution in [2.24, 2.45) is 0 Å². The van der Waals surface area contributed by atoms with Gasteiger partial charge in [0.25, 0.3) is 0 Å². The molecule has 5 heteroatoms. The van der Waals surface area contributed by atoms with Crippen LogP contribution in [0.1, 0.15) is 11.1 Å². The Hall–Kier alpha value is -2.17. The van der Waals surface area contributed by atoms with Gasteiger partial charge in [-0.2, -0.15) is 5.10 Å². The van der Waals surface area contributed by atoms with Gasteiger partial charge >= 0.3 is 0 Å². The number of aromatic nitrogens is 3. The molecule has 2 N–H and O–H groups in total. The lowest BCUT2D eigenvalue weighted by molar-refractivity contribution is 0.416. The average Bonchev–Trinajstić information content (AvgIpc) is 2.32. The van der Waals surface area contributed by atoms with E-state index in [1.54, 1.807) is 13.3 Å². The van der Waals surface area contributed by atoms with Crippen LogP contribution in [0.3, 0.4) is 0 Å². The monoisotopic (exact) mass is 230 g/mol. The van der Waals surface area contributed by atoms with Gasteiger partial charge in [0.1, 0.15) is 5.75 Å². The van der Waals surface area contributed by atoms with Crippen LogP contribution in [-0.4, -0.2) is 22.3 Å². The molecular formula is C12H14N4O. The van der Waals surface area contributed by atoms with Crippen molar-refractivity contribution in [3.8, 4) is 17.0 Å². The summed E-state index contributed by atoms with van der Waals surface area (Å²) in [6, 6.07) is 3.99. The van der Waals surface area contributed by atoms with Crippen molar-refractivity contribution in [2.45, 2.75) is 13.8 Å². The molecule has 2 aromatic rings. The highest BCUT2D eigenvalue weighted by atomic mass is 16.5. The van der Waals surface area contributed by atoms with Crippen LogP contribution in [0.4, 0.5) is 5.95 Å². The summed E-state index contributed by atoms with van der Waals surface area (Å²) in [6.07, 6.45) is 1.57. The summed E-state index contributed by atoms with van der Waals surface area (Å²) in [4.78, 5) is 4.15. The third-order valence-corrected chi connectivity index (χ3v) is 2.67. The number of hydrogen-bond acceptors (Lipinski definition) is 5. The number of nitrogens with zero attached hydrogens (tertiary/aromatic N) is 3. The molecule has 1 aromatic carbocycles. The molecule has 17 heavy (non-hydrogen) atoms. The molecule has 0 aliphatic heterocycles. The summed E-state index contributed by atoms with van der Waals surface area (Å²) in [5.74, 6) is 0.913. The minimum Gasteiger partial charge on any atom is -0.496 e. The molecule has 5 nitrogen and oxygen atoms in total. The second-order valence-corrected chi connectivity index (χ2v) is 3.84. The van der Waals surface area contributed by atoms with Crippen molar-refractivity contribution in [1.29, 1.82) is 0 Å². The molecule has 1 heterocycles. The molecule has 0 radical (unpaired) electrons. The number of nitrogens with two attached hydrogens (primary N) is 1. The molecule has 0 unspecified atom stereocenters. The normalized spacial score (nSPS) is 10.3. The fraction of sp³-hybridized carbons (Fsp3) is 0.250. The topological polar surface area (TPSA) is 73.9 Å². The van der Waals surface area contributed by atoms with Crippen LogP contribution in [0, 0.1) is 13.8 Å². The van der Waals surface area contributed by atoms with Crippen LogP contribution in [-0.2, 0) is 0 Å². The standard InChI is InChI=1S/C12H14N4O/c1-7-4-9(11(17-3)5-8(7)2)10-6-14-16-12(13)15-10/h4-6H,1-3H3,(H2,13,15,16). The number of anilines is 1. The SMILES string of the molecule is COc1cc(C)c(C)cc1-c1cnnc(N)n1. The van der Waals surface area contributed by atoms with Gasteiger partial charge in [-0.3, -0.25) is 0 Å². The minimum atomic E-state index is 0.155. The Morgan fingerprint density at radius 2 is 1.88 bits per heavy atom. The van der Waals surface area contributed by atoms with Gasteiger partial charge in [-0.15, -0.1) is 5.10 Å². The van der Waals surface area contributed by atoms with E-state index in [0.717, 1.165) is 16.9 Å². The highest BCUT2D eigenvalue weighted by molar-refractivity contribution is 5.68. The largest absolute Gasteiger partial charge is 0.496 e. The molecule has 0 amide bonds. The molecule has 0 saturated carbocycles. The highest BCUT2D eigenvalue weighted by Crippen LogP contribution is 2.31. The smallest absolute Gasteiger partial charge is 0.240 e. The quantitative estimate of drug-likeness (QED) is 0.850. The summed E-state index contributed by atoms with van der Waals surface area (Å²) < 4.78 is 5.35. The van der Waals surface area contributed by atoms with Gasteiger partial charge in [-0.05, 0) is 37.1 Å². The highest BCUT2D eigenvalue weighted by Gasteiger charge is 2.10. The van der Waals surface area contributed by atoms with E-state index in [4.69, 9.17) is 10.5 Å². The second kappa shape index (κ2) is 4.37. The Bertz CT molecular complexity index is 554. The summed E-state index contributed by atoms with van der Waals surface area (Å²) in [6.45, 7) is 4.07. The molecule has 1 aromatic heterocycles. The van der Waals surface area contributed by atoms with E-state index in [0.29, 0.717) is 5.69 Å². The summed E-state index contributed by atoms with van der Waals surface area (Å²) in [7, 11) is 1.63. The number of hydrogen-bond donors (Lipinski definition) is 1. The third-order valence-electron chi connectivity index (χ3n) is 2.67. The molecule has 0 spiro atoms. The van der Waals surface area contributed by atoms with Crippen LogP contribution < -0.4 is 10.5 Å². The number of ether oxygens (including phenoxy) is 1. The maximum atomic E-state index is 5.53. The first-order valence-electron chi connectivity index (χ1n) is 5.22. The van der Waals surface area contributed by atoms with E-state index in [2.05, 4.69) is 15.2 Å². The van der Waals surface area contributed by atoms with Crippen molar-refractivity contribution < 1.29 is 4.74 Å². The Morgan fingerprint density at radius 1 is 1.18 bits per heavy atom. The van der Waals surface area contributed by atoms with Gasteiger partial charge < -0.3 is 10.5 Å². The van der Waals surface area contributed by atoms with Crippen molar-refractivity contribution in [2.75, 3.05) is 12.8 Å². The molecule has 0 aliphatic rings. The number of aryl methyl sites for hydroxylation is 2. The van der Waals surface area contributed by atoms with Crippen LogP contribution >= 0.6 is 0 Å². The summed E-state index contributed by atoms with van der Waals surface area (Å²) >= 11 is 0. The van der Waals surface area contributed by atoms with Crippen molar-refractivity contribution in [3.63, 3.8) is 0 Å². The predicted molar refractivity (Wildman–Crippen MR) is 65.7 cm³/mol. The van der Waals surface area contributed by atoms with E-state index in [-0.39, 0.29) is 5.95 Å². The van der Waals surface area contributed by atoms with Crippen molar-refractivity contribution >= 4 is 5.95 Å². The van der Waals surface area contributed by atoms with E-state index >= 15 is 0 Å². The number of nitrogen functional groups attached to an aromatic ring is 1. The first-order chi connectivity index (χ1) is 8.11. The van der Waals surface area contributed by atoms with Crippen LogP contribution in [0.25, 0.3) is 11.3 Å². The molecule has 0 aliphatic carbocycles. The summed E-state index contributed by atoms with van der Waals surface area (Å²) in [5.41, 5.74) is 9.40. The van der Waals surface area contributed by atoms with Gasteiger partial charge in [0.15, 0.2) is 0 Å². The van der Waals surface area contributed by atoms with Gasteiger partial charge in [-0.1, -0.05) is 0 Å². The number of methoxy groups -OCH3 is 1. The van der Waals surface area contributed by atoms with Crippen molar-refractivity contribution in [3.05, 3.63) is 29.5 Å². The molecule has 0 atom stereocenters. The third kappa shape index (κ3) is 2.18. The fourth-order valence-corrected chi connectivity index (χ4v) is 1.61. The zero-order valence-corrected chi connectivity index (χ0v) is 10.1. The fourth-order valence-electron chi connectivity index (χ4n) is 1.61. The maximum Gasteiger partial charge on any atom is 0.240 e. The molecule has 0 bridgehead atoms. The van der Waals surface area contributed by atoms with E-state index in [9.17, 15) is 0 Å². The van der Waals surface area contributed by atoms with Gasteiger partial charge in [0, 0.05) is 5.56 Å². The van der Waals surface area contributed by atoms with Crippen LogP contribution in [0.5, 0.6) is 5.75 Å². The molecule has 0 fully saturated rings. The molecule has 88 valence electrons. The lowest BCUT2D eigenvalue weighted by Gasteiger charge is -2.11. The Labute approximate surface area is 99.7 Å². The maximum absolute atomic E-state index is 5.53. The number of benzene rings is 1. The van der Waals surface area contributed by atoms with Crippen molar-refractivity contribution in [1.82, 2.24) is 15.2 Å². The predicted octanol–water partition coefficient (Wildman–Crippen LogP) is 1.75. The first-order valence-corrected chi connectivity index (χ1v) is 5.22. The lowest BCUT2D eigenvalue weighted by Crippen LogP contribution is -2.00. The Morgan fingerprint density at radius 3 is 2.53 bits per heavy atom. The second-order valence-electron chi connectivity index (χ2n) is 3.84.